The molecule has 0 saturated heterocycles. The molecule has 3 N–H and O–H groups in total. The SMILES string of the molecule is CC/C=C/C(=O)NCC(C)N. The molecule has 11 heavy (non-hydrogen) atoms. The Bertz CT molecular complexity index is 141. The van der Waals surface area contributed by atoms with Gasteiger partial charge in [0, 0.05) is 12.6 Å². The first kappa shape index (κ1) is 10.2. The molecule has 0 bridgehead atoms. The largest absolute Gasteiger partial charge is 0.351 e. The molecule has 3 heteroatoms. The lowest BCUT2D eigenvalue weighted by Crippen LogP contribution is -2.34. The lowest BCUT2D eigenvalue weighted by molar-refractivity contribution is -0.116. The Morgan fingerprint density at radius 1 is 1.73 bits per heavy atom. The van der Waals surface area contributed by atoms with Gasteiger partial charge in [-0.15, -0.1) is 0 Å². The Morgan fingerprint density at radius 3 is 2.82 bits per heavy atom. The van der Waals surface area contributed by atoms with Crippen LogP contribution in [0.2, 0.25) is 0 Å². The van der Waals surface area contributed by atoms with Gasteiger partial charge >= 0.3 is 0 Å². The monoisotopic (exact) mass is 156 g/mol. The van der Waals surface area contributed by atoms with E-state index in [0.717, 1.165) is 6.42 Å². The van der Waals surface area contributed by atoms with Crippen molar-refractivity contribution < 1.29 is 4.79 Å². The van der Waals surface area contributed by atoms with E-state index in [4.69, 9.17) is 5.73 Å². The molecule has 0 spiro atoms. The number of carbonyl (C=O) groups is 1. The van der Waals surface area contributed by atoms with E-state index in [1.165, 1.54) is 6.08 Å². The molecule has 0 fully saturated rings. The minimum absolute atomic E-state index is 0.0222. The molecule has 0 aliphatic carbocycles. The van der Waals surface area contributed by atoms with Crippen molar-refractivity contribution in [2.75, 3.05) is 6.54 Å². The second-order valence-electron chi connectivity index (χ2n) is 2.53. The number of hydrogen-bond donors (Lipinski definition) is 2. The third-order valence-electron chi connectivity index (χ3n) is 1.10. The van der Waals surface area contributed by atoms with Gasteiger partial charge in [-0.25, -0.2) is 0 Å². The summed E-state index contributed by atoms with van der Waals surface area (Å²) in [6, 6.07) is 0.0222. The minimum atomic E-state index is -0.0656. The highest BCUT2D eigenvalue weighted by molar-refractivity contribution is 5.87. The van der Waals surface area contributed by atoms with Crippen molar-refractivity contribution >= 4 is 5.91 Å². The molecule has 0 saturated carbocycles. The van der Waals surface area contributed by atoms with Crippen molar-refractivity contribution in [2.45, 2.75) is 26.3 Å². The van der Waals surface area contributed by atoms with Gasteiger partial charge in [-0.1, -0.05) is 13.0 Å². The molecular formula is C8H16N2O. The molecule has 0 aromatic carbocycles. The first-order valence-electron chi connectivity index (χ1n) is 3.86. The number of rotatable bonds is 4. The van der Waals surface area contributed by atoms with Crippen molar-refractivity contribution in [2.24, 2.45) is 5.73 Å². The van der Waals surface area contributed by atoms with E-state index >= 15 is 0 Å². The minimum Gasteiger partial charge on any atom is -0.351 e. The van der Waals surface area contributed by atoms with E-state index in [1.807, 2.05) is 19.9 Å². The number of amides is 1. The van der Waals surface area contributed by atoms with Gasteiger partial charge in [0.15, 0.2) is 0 Å². The van der Waals surface area contributed by atoms with Gasteiger partial charge in [0.2, 0.25) is 5.91 Å². The Hall–Kier alpha value is -0.830. The molecule has 3 nitrogen and oxygen atoms in total. The molecular weight excluding hydrogens is 140 g/mol. The topological polar surface area (TPSA) is 55.1 Å². The number of nitrogens with one attached hydrogen (secondary N) is 1. The summed E-state index contributed by atoms with van der Waals surface area (Å²) in [7, 11) is 0. The van der Waals surface area contributed by atoms with Crippen molar-refractivity contribution in [1.82, 2.24) is 5.32 Å². The molecule has 0 rings (SSSR count). The Balaban J connectivity index is 3.45. The fourth-order valence-corrected chi connectivity index (χ4v) is 0.545. The predicted octanol–water partition coefficient (Wildman–Crippen LogP) is 0.416. The van der Waals surface area contributed by atoms with Gasteiger partial charge in [0.05, 0.1) is 0 Å². The summed E-state index contributed by atoms with van der Waals surface area (Å²) in [6.45, 7) is 4.37. The van der Waals surface area contributed by atoms with Crippen LogP contribution in [0.1, 0.15) is 20.3 Å². The van der Waals surface area contributed by atoms with Gasteiger partial charge < -0.3 is 11.1 Å². The van der Waals surface area contributed by atoms with Crippen LogP contribution >= 0.6 is 0 Å². The maximum Gasteiger partial charge on any atom is 0.243 e. The lowest BCUT2D eigenvalue weighted by atomic mass is 10.3. The molecule has 0 radical (unpaired) electrons. The van der Waals surface area contributed by atoms with E-state index in [1.54, 1.807) is 0 Å². The fourth-order valence-electron chi connectivity index (χ4n) is 0.545. The van der Waals surface area contributed by atoms with Crippen LogP contribution in [0.4, 0.5) is 0 Å². The summed E-state index contributed by atoms with van der Waals surface area (Å²) in [6.07, 6.45) is 4.23. The molecule has 1 amide bonds. The third-order valence-corrected chi connectivity index (χ3v) is 1.10. The van der Waals surface area contributed by atoms with Crippen LogP contribution in [0.25, 0.3) is 0 Å². The van der Waals surface area contributed by atoms with Gasteiger partial charge in [-0.3, -0.25) is 4.79 Å². The Kier molecular flexibility index (Phi) is 5.47. The second-order valence-corrected chi connectivity index (χ2v) is 2.53. The van der Waals surface area contributed by atoms with E-state index in [9.17, 15) is 4.79 Å². The average molecular weight is 156 g/mol. The van der Waals surface area contributed by atoms with Crippen molar-refractivity contribution in [3.05, 3.63) is 12.2 Å². The maximum absolute atomic E-state index is 10.9. The van der Waals surface area contributed by atoms with Crippen LogP contribution in [0, 0.1) is 0 Å². The summed E-state index contributed by atoms with van der Waals surface area (Å²) >= 11 is 0. The van der Waals surface area contributed by atoms with E-state index < -0.39 is 0 Å². The van der Waals surface area contributed by atoms with E-state index in [-0.39, 0.29) is 11.9 Å². The molecule has 0 aliphatic rings. The zero-order chi connectivity index (χ0) is 8.69. The maximum atomic E-state index is 10.9. The summed E-state index contributed by atoms with van der Waals surface area (Å²) in [5, 5.41) is 2.67. The van der Waals surface area contributed by atoms with Crippen molar-refractivity contribution in [3.63, 3.8) is 0 Å². The molecule has 0 aromatic rings. The first-order chi connectivity index (χ1) is 5.16. The van der Waals surface area contributed by atoms with Crippen LogP contribution in [0.3, 0.4) is 0 Å². The van der Waals surface area contributed by atoms with Crippen LogP contribution in [0.5, 0.6) is 0 Å². The van der Waals surface area contributed by atoms with Crippen LogP contribution in [-0.2, 0) is 4.79 Å². The van der Waals surface area contributed by atoms with Gasteiger partial charge in [-0.05, 0) is 19.4 Å². The lowest BCUT2D eigenvalue weighted by Gasteiger charge is -2.04. The predicted molar refractivity (Wildman–Crippen MR) is 46.1 cm³/mol. The van der Waals surface area contributed by atoms with E-state index in [0.29, 0.717) is 6.54 Å². The number of nitrogens with two attached hydrogens (primary N) is 1. The highest BCUT2D eigenvalue weighted by Gasteiger charge is 1.95. The highest BCUT2D eigenvalue weighted by atomic mass is 16.1. The summed E-state index contributed by atoms with van der Waals surface area (Å²) in [5.74, 6) is -0.0656. The zero-order valence-electron chi connectivity index (χ0n) is 7.13. The number of carbonyl (C=O) groups excluding carboxylic acids is 1. The van der Waals surface area contributed by atoms with E-state index in [2.05, 4.69) is 5.32 Å². The molecule has 0 aliphatic heterocycles. The Morgan fingerprint density at radius 2 is 2.36 bits per heavy atom. The summed E-state index contributed by atoms with van der Waals surface area (Å²) in [5.41, 5.74) is 5.43. The molecule has 1 unspecified atom stereocenters. The quantitative estimate of drug-likeness (QED) is 0.579. The van der Waals surface area contributed by atoms with Crippen LogP contribution in [-0.4, -0.2) is 18.5 Å². The summed E-state index contributed by atoms with van der Waals surface area (Å²) in [4.78, 5) is 10.9. The Labute approximate surface area is 67.7 Å². The second kappa shape index (κ2) is 5.92. The first-order valence-corrected chi connectivity index (χ1v) is 3.86. The number of allylic oxidation sites excluding steroid dienone is 1. The highest BCUT2D eigenvalue weighted by Crippen LogP contribution is 1.79. The number of hydrogen-bond acceptors (Lipinski definition) is 2. The molecule has 0 aromatic heterocycles. The molecule has 1 atom stereocenters. The van der Waals surface area contributed by atoms with Crippen LogP contribution < -0.4 is 11.1 Å². The smallest absolute Gasteiger partial charge is 0.243 e. The molecule has 64 valence electrons. The van der Waals surface area contributed by atoms with Gasteiger partial charge in [0.1, 0.15) is 0 Å². The van der Waals surface area contributed by atoms with Crippen LogP contribution in [0.15, 0.2) is 12.2 Å². The normalized spacial score (nSPS) is 13.4. The van der Waals surface area contributed by atoms with Crippen molar-refractivity contribution in [3.8, 4) is 0 Å². The standard InChI is InChI=1S/C8H16N2O/c1-3-4-5-8(11)10-6-7(2)9/h4-5,7H,3,6,9H2,1-2H3,(H,10,11)/b5-4+. The van der Waals surface area contributed by atoms with Gasteiger partial charge in [-0.2, -0.15) is 0 Å². The van der Waals surface area contributed by atoms with Crippen molar-refractivity contribution in [1.29, 1.82) is 0 Å². The summed E-state index contributed by atoms with van der Waals surface area (Å²) < 4.78 is 0. The molecule has 0 heterocycles. The van der Waals surface area contributed by atoms with Gasteiger partial charge in [0.25, 0.3) is 0 Å². The zero-order valence-corrected chi connectivity index (χ0v) is 7.13. The fraction of sp³-hybridized carbons (Fsp3) is 0.625. The third kappa shape index (κ3) is 7.06. The average Bonchev–Trinajstić information content (AvgIpc) is 1.97.